The van der Waals surface area contributed by atoms with Crippen molar-refractivity contribution in [2.75, 3.05) is 14.2 Å². The van der Waals surface area contributed by atoms with Crippen LogP contribution in [0.25, 0.3) is 0 Å². The van der Waals surface area contributed by atoms with Gasteiger partial charge in [-0.05, 0) is 19.9 Å². The number of methoxy groups -OCH3 is 1. The molecule has 0 aromatic rings. The highest BCUT2D eigenvalue weighted by atomic mass is 79.9. The lowest BCUT2D eigenvalue weighted by atomic mass is 10.1. The van der Waals surface area contributed by atoms with Gasteiger partial charge < -0.3 is 15.5 Å². The lowest BCUT2D eigenvalue weighted by Gasteiger charge is -2.08. The van der Waals surface area contributed by atoms with Gasteiger partial charge in [-0.1, -0.05) is 22.0 Å². The highest BCUT2D eigenvalue weighted by Gasteiger charge is 2.12. The number of likely N-dealkylation sites (N-methyl/N-ethyl adjacent to an activating group) is 1. The summed E-state index contributed by atoms with van der Waals surface area (Å²) in [6.07, 6.45) is 4.54. The van der Waals surface area contributed by atoms with Crippen LogP contribution in [-0.2, 0) is 9.53 Å². The largest absolute Gasteiger partial charge is 0.501 e. The number of ether oxygens (including phenoxy) is 1. The molecule has 0 aliphatic carbocycles. The molecule has 17 heavy (non-hydrogen) atoms. The Morgan fingerprint density at radius 3 is 2.35 bits per heavy atom. The molecule has 0 fully saturated rings. The first-order chi connectivity index (χ1) is 8.01. The van der Waals surface area contributed by atoms with Gasteiger partial charge in [-0.15, -0.1) is 0 Å². The minimum Gasteiger partial charge on any atom is -0.501 e. The van der Waals surface area contributed by atoms with Crippen LogP contribution in [-0.4, -0.2) is 26.3 Å². The van der Waals surface area contributed by atoms with E-state index in [1.54, 1.807) is 26.2 Å². The molecule has 0 atom stereocenters. The third-order valence-electron chi connectivity index (χ3n) is 2.09. The normalized spacial score (nSPS) is 13.9. The van der Waals surface area contributed by atoms with Crippen molar-refractivity contribution < 1.29 is 9.53 Å². The Balaban J connectivity index is 5.80. The van der Waals surface area contributed by atoms with E-state index in [0.717, 1.165) is 10.7 Å². The Morgan fingerprint density at radius 1 is 1.41 bits per heavy atom. The molecule has 2 N–H and O–H groups in total. The van der Waals surface area contributed by atoms with E-state index in [4.69, 9.17) is 10.1 Å². The molecule has 1 amide bonds. The summed E-state index contributed by atoms with van der Waals surface area (Å²) >= 11 is 3.36. The molecular weight excluding hydrogens is 284 g/mol. The molecule has 0 radical (unpaired) electrons. The third kappa shape index (κ3) is 4.56. The molecule has 0 aliphatic heterocycles. The van der Waals surface area contributed by atoms with E-state index in [9.17, 15) is 4.79 Å². The molecule has 0 heterocycles. The van der Waals surface area contributed by atoms with Crippen molar-refractivity contribution in [3.63, 3.8) is 0 Å². The van der Waals surface area contributed by atoms with Crippen LogP contribution in [0.1, 0.15) is 13.8 Å². The summed E-state index contributed by atoms with van der Waals surface area (Å²) in [5.41, 5.74) is 0.884. The molecule has 94 valence electrons. The van der Waals surface area contributed by atoms with Crippen molar-refractivity contribution in [3.05, 3.63) is 33.5 Å². The molecule has 5 heteroatoms. The number of nitrogens with one attached hydrogen (secondary N) is 2. The molecule has 0 saturated heterocycles. The van der Waals surface area contributed by atoms with E-state index < -0.39 is 0 Å². The molecule has 0 spiro atoms. The number of allylic oxidation sites excluding steroid dienone is 5. The second-order valence-corrected chi connectivity index (χ2v) is 4.00. The topological polar surface area (TPSA) is 62.2 Å². The predicted octanol–water partition coefficient (Wildman–Crippen LogP) is 2.53. The smallest absolute Gasteiger partial charge is 0.253 e. The van der Waals surface area contributed by atoms with Gasteiger partial charge in [0.2, 0.25) is 0 Å². The van der Waals surface area contributed by atoms with E-state index in [0.29, 0.717) is 11.3 Å². The predicted molar refractivity (Wildman–Crippen MR) is 73.3 cm³/mol. The van der Waals surface area contributed by atoms with Crippen molar-refractivity contribution in [2.45, 2.75) is 13.8 Å². The van der Waals surface area contributed by atoms with Crippen LogP contribution >= 0.6 is 15.9 Å². The fraction of sp³-hybridized carbons (Fsp3) is 0.333. The highest BCUT2D eigenvalue weighted by Crippen LogP contribution is 2.23. The van der Waals surface area contributed by atoms with Crippen LogP contribution in [0.15, 0.2) is 33.5 Å². The van der Waals surface area contributed by atoms with E-state index >= 15 is 0 Å². The number of halogens is 1. The van der Waals surface area contributed by atoms with Gasteiger partial charge in [-0.3, -0.25) is 4.79 Å². The number of rotatable bonds is 5. The van der Waals surface area contributed by atoms with Gasteiger partial charge in [-0.2, -0.15) is 0 Å². The zero-order chi connectivity index (χ0) is 13.4. The van der Waals surface area contributed by atoms with Crippen LogP contribution in [0.5, 0.6) is 0 Å². The maximum Gasteiger partial charge on any atom is 0.253 e. The van der Waals surface area contributed by atoms with E-state index in [2.05, 4.69) is 21.2 Å². The average Bonchev–Trinajstić information content (AvgIpc) is 2.36. The quantitative estimate of drug-likeness (QED) is 0.355. The zero-order valence-electron chi connectivity index (χ0n) is 10.4. The van der Waals surface area contributed by atoms with Crippen LogP contribution in [0, 0.1) is 5.41 Å². The zero-order valence-corrected chi connectivity index (χ0v) is 12.0. The van der Waals surface area contributed by atoms with Crippen molar-refractivity contribution in [2.24, 2.45) is 0 Å². The van der Waals surface area contributed by atoms with E-state index in [1.807, 2.05) is 6.92 Å². The highest BCUT2D eigenvalue weighted by molar-refractivity contribution is 9.12. The summed E-state index contributed by atoms with van der Waals surface area (Å²) in [5.74, 6) is 0.344. The first-order valence-electron chi connectivity index (χ1n) is 5.03. The first kappa shape index (κ1) is 15.6. The molecular formula is C12H17BrN2O2. The van der Waals surface area contributed by atoms with Gasteiger partial charge in [0.05, 0.1) is 18.4 Å². The van der Waals surface area contributed by atoms with E-state index in [-0.39, 0.29) is 11.5 Å². The molecule has 4 nitrogen and oxygen atoms in total. The summed E-state index contributed by atoms with van der Waals surface area (Å²) in [6.45, 7) is 3.62. The lowest BCUT2D eigenvalue weighted by molar-refractivity contribution is -0.116. The summed E-state index contributed by atoms with van der Waals surface area (Å²) in [4.78, 5) is 11.6. The maximum absolute atomic E-state index is 11.6. The minimum absolute atomic E-state index is 0.272. The van der Waals surface area contributed by atoms with Gasteiger partial charge in [-0.25, -0.2) is 0 Å². The molecule has 0 saturated carbocycles. The molecule has 0 bridgehead atoms. The van der Waals surface area contributed by atoms with Crippen molar-refractivity contribution >= 4 is 28.1 Å². The van der Waals surface area contributed by atoms with Crippen LogP contribution in [0.2, 0.25) is 0 Å². The monoisotopic (exact) mass is 300 g/mol. The minimum atomic E-state index is -0.311. The molecule has 0 unspecified atom stereocenters. The summed E-state index contributed by atoms with van der Waals surface area (Å²) in [6, 6.07) is 0. The molecule has 0 aromatic heterocycles. The van der Waals surface area contributed by atoms with Gasteiger partial charge in [0.1, 0.15) is 0 Å². The van der Waals surface area contributed by atoms with Crippen molar-refractivity contribution in [3.8, 4) is 0 Å². The van der Waals surface area contributed by atoms with Gasteiger partial charge in [0.15, 0.2) is 0 Å². The standard InChI is InChI=1S/C12H17BrN2O2/c1-5-11(13)9(6-8(2)17-4)10(7-14)12(16)15-3/h5-7,14H,1-4H3,(H,15,16)/b8-6+,10-9-,11-5+,14-7?. The third-order valence-corrected chi connectivity index (χ3v) is 2.97. The molecule has 0 aromatic carbocycles. The number of carbonyl (C=O) groups excluding carboxylic acids is 1. The van der Waals surface area contributed by atoms with Gasteiger partial charge in [0, 0.05) is 23.3 Å². The molecule has 0 rings (SSSR count). The Bertz CT molecular complexity index is 395. The van der Waals surface area contributed by atoms with Crippen LogP contribution in [0.3, 0.4) is 0 Å². The Morgan fingerprint density at radius 2 is 2.00 bits per heavy atom. The summed E-state index contributed by atoms with van der Waals surface area (Å²) < 4.78 is 5.79. The summed E-state index contributed by atoms with van der Waals surface area (Å²) in [7, 11) is 3.08. The number of amides is 1. The van der Waals surface area contributed by atoms with Gasteiger partial charge >= 0.3 is 0 Å². The lowest BCUT2D eigenvalue weighted by Crippen LogP contribution is -2.22. The fourth-order valence-electron chi connectivity index (χ4n) is 1.09. The maximum atomic E-state index is 11.6. The van der Waals surface area contributed by atoms with E-state index in [1.165, 1.54) is 7.05 Å². The number of hydrogen-bond acceptors (Lipinski definition) is 3. The van der Waals surface area contributed by atoms with Crippen LogP contribution < -0.4 is 5.32 Å². The fourth-order valence-corrected chi connectivity index (χ4v) is 1.42. The Kier molecular flexibility index (Phi) is 7.21. The van der Waals surface area contributed by atoms with Crippen molar-refractivity contribution in [1.82, 2.24) is 5.32 Å². The number of carbonyl (C=O) groups is 1. The summed E-state index contributed by atoms with van der Waals surface area (Å²) in [5, 5.41) is 9.83. The Labute approximate surface area is 110 Å². The number of hydrogen-bond donors (Lipinski definition) is 2. The average molecular weight is 301 g/mol. The Hall–Kier alpha value is -1.36. The van der Waals surface area contributed by atoms with Gasteiger partial charge in [0.25, 0.3) is 5.91 Å². The van der Waals surface area contributed by atoms with Crippen LogP contribution in [0.4, 0.5) is 0 Å². The van der Waals surface area contributed by atoms with Crippen molar-refractivity contribution in [1.29, 1.82) is 5.41 Å². The second kappa shape index (κ2) is 7.84. The molecule has 0 aliphatic rings. The SMILES string of the molecule is C\C=C(Br)/C(/C=C(\C)OC)=C(/C=N)C(=O)NC. The first-order valence-corrected chi connectivity index (χ1v) is 5.82. The second-order valence-electron chi connectivity index (χ2n) is 3.15.